The maximum absolute atomic E-state index is 12.2. The third-order valence-electron chi connectivity index (χ3n) is 2.64. The number of nitrogens with zero attached hydrogens (tertiary/aromatic N) is 2. The average molecular weight is 299 g/mol. The van der Waals surface area contributed by atoms with Gasteiger partial charge in [0.05, 0.1) is 13.2 Å². The van der Waals surface area contributed by atoms with Crippen LogP contribution in [0.2, 0.25) is 0 Å². The van der Waals surface area contributed by atoms with Crippen molar-refractivity contribution in [2.75, 3.05) is 25.0 Å². The van der Waals surface area contributed by atoms with Crippen LogP contribution in [0.15, 0.2) is 5.38 Å². The number of carbonyl (C=O) groups excluding carboxylic acids is 2. The van der Waals surface area contributed by atoms with Gasteiger partial charge < -0.3 is 20.1 Å². The maximum atomic E-state index is 12.2. The van der Waals surface area contributed by atoms with Gasteiger partial charge in [-0.05, 0) is 0 Å². The van der Waals surface area contributed by atoms with Crippen molar-refractivity contribution in [2.24, 2.45) is 0 Å². The summed E-state index contributed by atoms with van der Waals surface area (Å²) in [7, 11) is 0. The molecular weight excluding hydrogens is 286 g/mol. The highest BCUT2D eigenvalue weighted by Crippen LogP contribution is 2.18. The molecule has 2 heterocycles. The number of hydrogen-bond acceptors (Lipinski definition) is 6. The summed E-state index contributed by atoms with van der Waals surface area (Å²) >= 11 is 1.14. The molecule has 9 heteroatoms. The summed E-state index contributed by atoms with van der Waals surface area (Å²) < 4.78 is 5.05. The first-order valence-electron chi connectivity index (χ1n) is 5.84. The standard InChI is InChI=1S/C11H13N3O5S/c1-6(15)12-11-13-7(5-20-11)9(16)14-2-3-19-8(4-14)10(17)18/h5,8H,2-4H2,1H3,(H,17,18)(H,12,13,15). The van der Waals surface area contributed by atoms with Crippen LogP contribution < -0.4 is 5.32 Å². The molecule has 1 fully saturated rings. The number of amides is 2. The second-order valence-electron chi connectivity index (χ2n) is 4.17. The fourth-order valence-electron chi connectivity index (χ4n) is 1.73. The zero-order valence-corrected chi connectivity index (χ0v) is 11.5. The number of ether oxygens (including phenoxy) is 1. The Bertz CT molecular complexity index is 544. The Balaban J connectivity index is 2.05. The van der Waals surface area contributed by atoms with Gasteiger partial charge in [-0.3, -0.25) is 9.59 Å². The molecule has 1 aromatic heterocycles. The van der Waals surface area contributed by atoms with Crippen LogP contribution in [-0.4, -0.2) is 58.6 Å². The van der Waals surface area contributed by atoms with Gasteiger partial charge in [0, 0.05) is 18.8 Å². The number of morpholine rings is 1. The molecule has 0 aliphatic carbocycles. The Morgan fingerprint density at radius 2 is 2.30 bits per heavy atom. The van der Waals surface area contributed by atoms with Gasteiger partial charge in [-0.15, -0.1) is 11.3 Å². The van der Waals surface area contributed by atoms with Crippen molar-refractivity contribution in [1.29, 1.82) is 0 Å². The van der Waals surface area contributed by atoms with Crippen LogP contribution >= 0.6 is 11.3 Å². The summed E-state index contributed by atoms with van der Waals surface area (Å²) in [6, 6.07) is 0. The second kappa shape index (κ2) is 5.97. The number of carboxylic acids is 1. The van der Waals surface area contributed by atoms with Gasteiger partial charge in [-0.25, -0.2) is 9.78 Å². The molecule has 1 aliphatic rings. The van der Waals surface area contributed by atoms with Crippen molar-refractivity contribution in [2.45, 2.75) is 13.0 Å². The number of carboxylic acid groups (broad SMARTS) is 1. The number of thiazole rings is 1. The highest BCUT2D eigenvalue weighted by atomic mass is 32.1. The number of carbonyl (C=O) groups is 3. The normalized spacial score (nSPS) is 18.6. The van der Waals surface area contributed by atoms with Crippen LogP contribution in [-0.2, 0) is 14.3 Å². The minimum Gasteiger partial charge on any atom is -0.479 e. The van der Waals surface area contributed by atoms with E-state index in [1.54, 1.807) is 0 Å². The number of nitrogens with one attached hydrogen (secondary N) is 1. The van der Waals surface area contributed by atoms with E-state index in [9.17, 15) is 14.4 Å². The van der Waals surface area contributed by atoms with E-state index in [2.05, 4.69) is 10.3 Å². The number of hydrogen-bond donors (Lipinski definition) is 2. The number of anilines is 1. The summed E-state index contributed by atoms with van der Waals surface area (Å²) in [6.07, 6.45) is -1.01. The van der Waals surface area contributed by atoms with Gasteiger partial charge >= 0.3 is 5.97 Å². The quantitative estimate of drug-likeness (QED) is 0.815. The third kappa shape index (κ3) is 3.31. The topological polar surface area (TPSA) is 109 Å². The third-order valence-corrected chi connectivity index (χ3v) is 3.39. The summed E-state index contributed by atoms with van der Waals surface area (Å²) in [5, 5.41) is 13.2. The zero-order valence-electron chi connectivity index (χ0n) is 10.7. The van der Waals surface area contributed by atoms with E-state index in [0.717, 1.165) is 11.3 Å². The lowest BCUT2D eigenvalue weighted by molar-refractivity contribution is -0.154. The van der Waals surface area contributed by atoms with E-state index in [1.807, 2.05) is 0 Å². The van der Waals surface area contributed by atoms with E-state index < -0.39 is 12.1 Å². The average Bonchev–Trinajstić information content (AvgIpc) is 2.85. The van der Waals surface area contributed by atoms with E-state index in [4.69, 9.17) is 9.84 Å². The SMILES string of the molecule is CC(=O)Nc1nc(C(=O)N2CCOC(C(=O)O)C2)cs1. The molecule has 0 radical (unpaired) electrons. The zero-order chi connectivity index (χ0) is 14.7. The van der Waals surface area contributed by atoms with Crippen LogP contribution in [0.5, 0.6) is 0 Å². The molecule has 2 amide bonds. The monoisotopic (exact) mass is 299 g/mol. The molecule has 1 aliphatic heterocycles. The molecule has 108 valence electrons. The fourth-order valence-corrected chi connectivity index (χ4v) is 2.46. The molecule has 0 aromatic carbocycles. The minimum atomic E-state index is -1.10. The van der Waals surface area contributed by atoms with Crippen LogP contribution in [0.4, 0.5) is 5.13 Å². The lowest BCUT2D eigenvalue weighted by Gasteiger charge is -2.30. The van der Waals surface area contributed by atoms with Gasteiger partial charge in [-0.1, -0.05) is 0 Å². The molecule has 1 saturated heterocycles. The summed E-state index contributed by atoms with van der Waals surface area (Å²) in [5.41, 5.74) is 0.185. The fraction of sp³-hybridized carbons (Fsp3) is 0.455. The van der Waals surface area contributed by atoms with Crippen molar-refractivity contribution in [1.82, 2.24) is 9.88 Å². The van der Waals surface area contributed by atoms with Crippen molar-refractivity contribution >= 4 is 34.3 Å². The first kappa shape index (κ1) is 14.4. The van der Waals surface area contributed by atoms with Crippen LogP contribution in [0.1, 0.15) is 17.4 Å². The van der Waals surface area contributed by atoms with Crippen LogP contribution in [0.25, 0.3) is 0 Å². The lowest BCUT2D eigenvalue weighted by atomic mass is 10.2. The molecule has 2 N–H and O–H groups in total. The lowest BCUT2D eigenvalue weighted by Crippen LogP contribution is -2.48. The number of rotatable bonds is 3. The van der Waals surface area contributed by atoms with E-state index >= 15 is 0 Å². The maximum Gasteiger partial charge on any atom is 0.334 e. The summed E-state index contributed by atoms with van der Waals surface area (Å²) in [6.45, 7) is 1.82. The molecule has 2 rings (SSSR count). The number of aliphatic carboxylic acids is 1. The molecule has 0 bridgehead atoms. The van der Waals surface area contributed by atoms with Crippen molar-refractivity contribution in [3.05, 3.63) is 11.1 Å². The van der Waals surface area contributed by atoms with Gasteiger partial charge in [-0.2, -0.15) is 0 Å². The van der Waals surface area contributed by atoms with E-state index in [0.29, 0.717) is 11.7 Å². The summed E-state index contributed by atoms with van der Waals surface area (Å²) in [5.74, 6) is -1.73. The predicted molar refractivity (Wildman–Crippen MR) is 69.7 cm³/mol. The van der Waals surface area contributed by atoms with Crippen LogP contribution in [0, 0.1) is 0 Å². The molecule has 1 atom stereocenters. The predicted octanol–water partition coefficient (Wildman–Crippen LogP) is 0.0271. The second-order valence-corrected chi connectivity index (χ2v) is 5.03. The Morgan fingerprint density at radius 3 is 2.95 bits per heavy atom. The molecule has 0 spiro atoms. The molecular formula is C11H13N3O5S. The molecule has 1 aromatic rings. The smallest absolute Gasteiger partial charge is 0.334 e. The van der Waals surface area contributed by atoms with E-state index in [-0.39, 0.29) is 30.7 Å². The van der Waals surface area contributed by atoms with Crippen molar-refractivity contribution in [3.63, 3.8) is 0 Å². The highest BCUT2D eigenvalue weighted by molar-refractivity contribution is 7.14. The Morgan fingerprint density at radius 1 is 1.55 bits per heavy atom. The van der Waals surface area contributed by atoms with Crippen molar-refractivity contribution in [3.8, 4) is 0 Å². The summed E-state index contributed by atoms with van der Waals surface area (Å²) in [4.78, 5) is 39.3. The number of aromatic nitrogens is 1. The van der Waals surface area contributed by atoms with Gasteiger partial charge in [0.15, 0.2) is 11.2 Å². The largest absolute Gasteiger partial charge is 0.479 e. The first-order valence-corrected chi connectivity index (χ1v) is 6.72. The molecule has 0 saturated carbocycles. The van der Waals surface area contributed by atoms with Crippen molar-refractivity contribution < 1.29 is 24.2 Å². The Hall–Kier alpha value is -2.00. The minimum absolute atomic E-state index is 0.0127. The molecule has 20 heavy (non-hydrogen) atoms. The van der Waals surface area contributed by atoms with Gasteiger partial charge in [0.1, 0.15) is 5.69 Å². The first-order chi connectivity index (χ1) is 9.47. The highest BCUT2D eigenvalue weighted by Gasteiger charge is 2.30. The molecule has 8 nitrogen and oxygen atoms in total. The van der Waals surface area contributed by atoms with E-state index in [1.165, 1.54) is 17.2 Å². The van der Waals surface area contributed by atoms with Crippen LogP contribution in [0.3, 0.4) is 0 Å². The Labute approximate surface area is 118 Å². The van der Waals surface area contributed by atoms with Gasteiger partial charge in [0.25, 0.3) is 5.91 Å². The molecule has 1 unspecified atom stereocenters. The van der Waals surface area contributed by atoms with Gasteiger partial charge in [0.2, 0.25) is 5.91 Å². The Kier molecular flexibility index (Phi) is 4.30.